The quantitative estimate of drug-likeness (QED) is 0.657. The molecule has 1 aliphatic heterocycles. The lowest BCUT2D eigenvalue weighted by Crippen LogP contribution is -2.33. The topological polar surface area (TPSA) is 54.0 Å². The predicted molar refractivity (Wildman–Crippen MR) is 108 cm³/mol. The minimum atomic E-state index is -0.468. The fourth-order valence-corrected chi connectivity index (χ4v) is 4.26. The van der Waals surface area contributed by atoms with E-state index in [9.17, 15) is 5.11 Å². The second kappa shape index (κ2) is 10.9. The largest absolute Gasteiger partial charge is 0.493 e. The van der Waals surface area contributed by atoms with Crippen LogP contribution in [0.3, 0.4) is 0 Å². The van der Waals surface area contributed by atoms with Gasteiger partial charge in [0, 0.05) is 13.1 Å². The number of aliphatic hydroxyl groups excluding tert-OH is 1. The lowest BCUT2D eigenvalue weighted by molar-refractivity contribution is 0.0747. The number of benzene rings is 1. The highest BCUT2D eigenvalue weighted by molar-refractivity contribution is 5.43. The third kappa shape index (κ3) is 6.66. The van der Waals surface area contributed by atoms with E-state index in [0.29, 0.717) is 18.9 Å². The van der Waals surface area contributed by atoms with Crippen molar-refractivity contribution < 1.29 is 14.6 Å². The Morgan fingerprint density at radius 2 is 1.89 bits per heavy atom. The van der Waals surface area contributed by atoms with Gasteiger partial charge in [-0.05, 0) is 68.9 Å². The molecule has 3 rings (SSSR count). The Kier molecular flexibility index (Phi) is 8.24. The molecule has 0 radical (unpaired) electrons. The number of ether oxygens (including phenoxy) is 2. The van der Waals surface area contributed by atoms with Crippen molar-refractivity contribution in [3.05, 3.63) is 23.8 Å². The first-order chi connectivity index (χ1) is 13.2. The molecule has 1 aliphatic carbocycles. The first-order valence-corrected chi connectivity index (χ1v) is 10.7. The zero-order chi connectivity index (χ0) is 18.9. The van der Waals surface area contributed by atoms with Gasteiger partial charge in [-0.2, -0.15) is 0 Å². The van der Waals surface area contributed by atoms with Crippen LogP contribution in [0.5, 0.6) is 11.5 Å². The van der Waals surface area contributed by atoms with Crippen LogP contribution < -0.4 is 14.8 Å². The molecule has 1 unspecified atom stereocenters. The van der Waals surface area contributed by atoms with Gasteiger partial charge >= 0.3 is 0 Å². The molecule has 0 aromatic heterocycles. The molecule has 5 nitrogen and oxygen atoms in total. The Labute approximate surface area is 164 Å². The molecule has 1 aromatic rings. The monoisotopic (exact) mass is 376 g/mol. The van der Waals surface area contributed by atoms with Crippen molar-refractivity contribution in [2.24, 2.45) is 5.92 Å². The molecule has 1 saturated carbocycles. The van der Waals surface area contributed by atoms with E-state index < -0.39 is 6.10 Å². The van der Waals surface area contributed by atoms with Crippen LogP contribution in [0.15, 0.2) is 18.2 Å². The second-order valence-corrected chi connectivity index (χ2v) is 8.09. The van der Waals surface area contributed by atoms with Gasteiger partial charge in [0.1, 0.15) is 12.7 Å². The zero-order valence-electron chi connectivity index (χ0n) is 16.8. The van der Waals surface area contributed by atoms with Crippen molar-refractivity contribution in [3.63, 3.8) is 0 Å². The molecule has 27 heavy (non-hydrogen) atoms. The fraction of sp³-hybridized carbons (Fsp3) is 0.727. The number of nitrogens with one attached hydrogen (secondary N) is 1. The molecule has 152 valence electrons. The average molecular weight is 377 g/mol. The molecule has 1 aromatic carbocycles. The maximum absolute atomic E-state index is 10.2. The van der Waals surface area contributed by atoms with Crippen LogP contribution in [0, 0.1) is 5.92 Å². The average Bonchev–Trinajstić information content (AvgIpc) is 3.20. The minimum absolute atomic E-state index is 0.298. The summed E-state index contributed by atoms with van der Waals surface area (Å²) < 4.78 is 11.3. The maximum atomic E-state index is 10.2. The smallest absolute Gasteiger partial charge is 0.161 e. The Morgan fingerprint density at radius 1 is 1.11 bits per heavy atom. The van der Waals surface area contributed by atoms with Gasteiger partial charge in [0.05, 0.1) is 7.11 Å². The van der Waals surface area contributed by atoms with E-state index in [1.807, 2.05) is 12.1 Å². The van der Waals surface area contributed by atoms with Crippen LogP contribution in [0.1, 0.15) is 50.5 Å². The maximum Gasteiger partial charge on any atom is 0.161 e. The highest BCUT2D eigenvalue weighted by Crippen LogP contribution is 2.28. The molecule has 2 fully saturated rings. The van der Waals surface area contributed by atoms with E-state index >= 15 is 0 Å². The summed E-state index contributed by atoms with van der Waals surface area (Å²) in [6, 6.07) is 6.08. The van der Waals surface area contributed by atoms with E-state index in [1.165, 1.54) is 50.5 Å². The third-order valence-electron chi connectivity index (χ3n) is 5.81. The van der Waals surface area contributed by atoms with E-state index in [4.69, 9.17) is 9.47 Å². The van der Waals surface area contributed by atoms with Gasteiger partial charge < -0.3 is 24.8 Å². The van der Waals surface area contributed by atoms with Gasteiger partial charge in [-0.1, -0.05) is 25.3 Å². The van der Waals surface area contributed by atoms with Gasteiger partial charge in [0.15, 0.2) is 11.5 Å². The summed E-state index contributed by atoms with van der Waals surface area (Å²) in [7, 11) is 1.67. The first kappa shape index (κ1) is 20.4. The lowest BCUT2D eigenvalue weighted by Gasteiger charge is -2.22. The van der Waals surface area contributed by atoms with E-state index in [2.05, 4.69) is 16.3 Å². The van der Waals surface area contributed by atoms with Crippen molar-refractivity contribution in [1.82, 2.24) is 10.2 Å². The Morgan fingerprint density at radius 3 is 2.63 bits per heavy atom. The number of nitrogens with zero attached hydrogens (tertiary/aromatic N) is 1. The highest BCUT2D eigenvalue weighted by atomic mass is 16.5. The van der Waals surface area contributed by atoms with Crippen LogP contribution in [0.2, 0.25) is 0 Å². The Hall–Kier alpha value is -1.30. The summed E-state index contributed by atoms with van der Waals surface area (Å²) in [4.78, 5) is 2.30. The molecule has 1 heterocycles. The standard InChI is InChI=1S/C22H36N2O3/c1-26-22-13-19(15-23-14-18-7-3-2-4-8-18)9-10-21(22)27-17-20(25)16-24-11-5-6-12-24/h9-10,13,18,20,23,25H,2-8,11-12,14-17H2,1H3. The van der Waals surface area contributed by atoms with Crippen molar-refractivity contribution in [1.29, 1.82) is 0 Å². The molecule has 5 heteroatoms. The molecule has 0 bridgehead atoms. The number of rotatable bonds is 10. The summed E-state index contributed by atoms with van der Waals surface area (Å²) >= 11 is 0. The molecule has 1 saturated heterocycles. The van der Waals surface area contributed by atoms with Gasteiger partial charge in [-0.3, -0.25) is 0 Å². The van der Waals surface area contributed by atoms with Crippen molar-refractivity contribution in [2.45, 2.75) is 57.6 Å². The van der Waals surface area contributed by atoms with Crippen LogP contribution >= 0.6 is 0 Å². The summed E-state index contributed by atoms with van der Waals surface area (Å²) in [5, 5.41) is 13.8. The normalized spacial score (nSPS) is 19.9. The van der Waals surface area contributed by atoms with Crippen molar-refractivity contribution in [3.8, 4) is 11.5 Å². The molecule has 0 amide bonds. The summed E-state index contributed by atoms with van der Waals surface area (Å²) in [6.07, 6.45) is 8.90. The molecule has 2 N–H and O–H groups in total. The van der Waals surface area contributed by atoms with Gasteiger partial charge in [-0.15, -0.1) is 0 Å². The second-order valence-electron chi connectivity index (χ2n) is 8.09. The van der Waals surface area contributed by atoms with E-state index in [1.54, 1.807) is 7.11 Å². The van der Waals surface area contributed by atoms with Gasteiger partial charge in [-0.25, -0.2) is 0 Å². The number of aliphatic hydroxyl groups is 1. The Bertz CT molecular complexity index is 554. The van der Waals surface area contributed by atoms with Crippen LogP contribution in [-0.2, 0) is 6.54 Å². The third-order valence-corrected chi connectivity index (χ3v) is 5.81. The number of methoxy groups -OCH3 is 1. The van der Waals surface area contributed by atoms with E-state index in [0.717, 1.165) is 37.8 Å². The van der Waals surface area contributed by atoms with Crippen LogP contribution in [0.25, 0.3) is 0 Å². The summed E-state index contributed by atoms with van der Waals surface area (Å²) in [5.74, 6) is 2.27. The van der Waals surface area contributed by atoms with E-state index in [-0.39, 0.29) is 0 Å². The summed E-state index contributed by atoms with van der Waals surface area (Å²) in [5.41, 5.74) is 1.20. The fourth-order valence-electron chi connectivity index (χ4n) is 4.26. The lowest BCUT2D eigenvalue weighted by atomic mass is 9.89. The van der Waals surface area contributed by atoms with Crippen molar-refractivity contribution >= 4 is 0 Å². The molecule has 1 atom stereocenters. The number of hydrogen-bond donors (Lipinski definition) is 2. The van der Waals surface area contributed by atoms with Crippen molar-refractivity contribution in [2.75, 3.05) is 39.9 Å². The number of hydrogen-bond acceptors (Lipinski definition) is 5. The predicted octanol–water partition coefficient (Wildman–Crippen LogP) is 3.20. The first-order valence-electron chi connectivity index (χ1n) is 10.7. The minimum Gasteiger partial charge on any atom is -0.493 e. The molecule has 2 aliphatic rings. The molecular weight excluding hydrogens is 340 g/mol. The van der Waals surface area contributed by atoms with Crippen LogP contribution in [-0.4, -0.2) is 56.0 Å². The van der Waals surface area contributed by atoms with Crippen LogP contribution in [0.4, 0.5) is 0 Å². The van der Waals surface area contributed by atoms with Gasteiger partial charge in [0.2, 0.25) is 0 Å². The van der Waals surface area contributed by atoms with Gasteiger partial charge in [0.25, 0.3) is 0 Å². The SMILES string of the molecule is COc1cc(CNCC2CCCCC2)ccc1OCC(O)CN1CCCC1. The molecular formula is C22H36N2O3. The zero-order valence-corrected chi connectivity index (χ0v) is 16.8. The molecule has 0 spiro atoms. The summed E-state index contributed by atoms with van der Waals surface area (Å²) in [6.45, 7) is 5.11. The number of likely N-dealkylation sites (tertiary alicyclic amines) is 1. The Balaban J connectivity index is 1.43. The highest BCUT2D eigenvalue weighted by Gasteiger charge is 2.17. The number of β-amino-alcohol motifs (C(OH)–C–C–N with tert-alkyl or cyclic N) is 1.